The zero-order chi connectivity index (χ0) is 20.7. The zero-order valence-electron chi connectivity index (χ0n) is 16.9. The van der Waals surface area contributed by atoms with E-state index in [1.165, 1.54) is 0 Å². The van der Waals surface area contributed by atoms with Crippen LogP contribution in [0.25, 0.3) is 11.3 Å². The Morgan fingerprint density at radius 3 is 2.67 bits per heavy atom. The van der Waals surface area contributed by atoms with Crippen LogP contribution >= 0.6 is 11.6 Å². The van der Waals surface area contributed by atoms with Gasteiger partial charge in [-0.1, -0.05) is 48.7 Å². The second-order valence-corrected chi connectivity index (χ2v) is 8.36. The number of nitrogens with zero attached hydrogens (tertiary/aromatic N) is 2. The fraction of sp³-hybridized carbons (Fsp3) is 0.333. The standard InChI is InChI=1S/C24H24ClN3O2/c1-2-30-19-9-5-6-16(14-19)23-20-21(15-10-12-17(25)13-11-15)26-27-22(20)24(29)28(23)18-7-3-4-8-18/h5-6,9-14,18,23H,2-4,7-8H2,1H3,(H,26,27). The number of H-pyrrole nitrogens is 1. The molecule has 1 amide bonds. The van der Waals surface area contributed by atoms with Crippen molar-refractivity contribution >= 4 is 17.5 Å². The monoisotopic (exact) mass is 421 g/mol. The summed E-state index contributed by atoms with van der Waals surface area (Å²) in [5, 5.41) is 8.25. The van der Waals surface area contributed by atoms with E-state index in [0.717, 1.165) is 53.8 Å². The molecule has 1 atom stereocenters. The maximum absolute atomic E-state index is 13.5. The Labute approximate surface area is 181 Å². The third-order valence-electron chi connectivity index (χ3n) is 6.12. The molecular weight excluding hydrogens is 398 g/mol. The Morgan fingerprint density at radius 2 is 1.93 bits per heavy atom. The molecule has 1 aliphatic carbocycles. The second-order valence-electron chi connectivity index (χ2n) is 7.93. The van der Waals surface area contributed by atoms with Crippen molar-refractivity contribution in [2.24, 2.45) is 0 Å². The minimum absolute atomic E-state index is 0.0384. The van der Waals surface area contributed by atoms with Crippen molar-refractivity contribution in [2.45, 2.75) is 44.7 Å². The normalized spacial score (nSPS) is 18.8. The van der Waals surface area contributed by atoms with E-state index in [1.54, 1.807) is 0 Å². The van der Waals surface area contributed by atoms with E-state index < -0.39 is 0 Å². The molecule has 2 heterocycles. The molecule has 30 heavy (non-hydrogen) atoms. The Kier molecular flexibility index (Phi) is 4.99. The smallest absolute Gasteiger partial charge is 0.273 e. The van der Waals surface area contributed by atoms with Gasteiger partial charge in [-0.25, -0.2) is 0 Å². The first kappa shape index (κ1) is 19.2. The lowest BCUT2D eigenvalue weighted by Crippen LogP contribution is -2.37. The number of carbonyl (C=O) groups is 1. The van der Waals surface area contributed by atoms with Crippen molar-refractivity contribution in [2.75, 3.05) is 6.61 Å². The highest BCUT2D eigenvalue weighted by Gasteiger charge is 2.45. The summed E-state index contributed by atoms with van der Waals surface area (Å²) in [7, 11) is 0. The van der Waals surface area contributed by atoms with Crippen molar-refractivity contribution in [3.8, 4) is 17.0 Å². The Bertz CT molecular complexity index is 1070. The lowest BCUT2D eigenvalue weighted by molar-refractivity contribution is 0.0660. The lowest BCUT2D eigenvalue weighted by Gasteiger charge is -2.32. The van der Waals surface area contributed by atoms with Crippen LogP contribution in [0.3, 0.4) is 0 Å². The van der Waals surface area contributed by atoms with Crippen LogP contribution in [0.2, 0.25) is 5.02 Å². The molecule has 1 saturated carbocycles. The van der Waals surface area contributed by atoms with Gasteiger partial charge in [0.1, 0.15) is 11.4 Å². The molecule has 1 aliphatic heterocycles. The topological polar surface area (TPSA) is 58.2 Å². The summed E-state index contributed by atoms with van der Waals surface area (Å²) in [6, 6.07) is 15.8. The van der Waals surface area contributed by atoms with E-state index in [-0.39, 0.29) is 18.0 Å². The molecule has 0 bridgehead atoms. The Morgan fingerprint density at radius 1 is 1.17 bits per heavy atom. The molecule has 1 fully saturated rings. The van der Waals surface area contributed by atoms with Gasteiger partial charge in [0.15, 0.2) is 0 Å². The molecule has 1 unspecified atom stereocenters. The fourth-order valence-electron chi connectivity index (χ4n) is 4.82. The van der Waals surface area contributed by atoms with Gasteiger partial charge in [0.25, 0.3) is 5.91 Å². The number of nitrogens with one attached hydrogen (secondary N) is 1. The number of aromatic nitrogens is 2. The maximum Gasteiger partial charge on any atom is 0.273 e. The third kappa shape index (κ3) is 3.18. The molecule has 5 nitrogen and oxygen atoms in total. The Hall–Kier alpha value is -2.79. The molecule has 2 aliphatic rings. The van der Waals surface area contributed by atoms with Crippen LogP contribution in [0.1, 0.15) is 60.3 Å². The van der Waals surface area contributed by atoms with E-state index in [1.807, 2.05) is 43.3 Å². The van der Waals surface area contributed by atoms with Crippen LogP contribution in [-0.4, -0.2) is 33.7 Å². The van der Waals surface area contributed by atoms with Gasteiger partial charge in [0.05, 0.1) is 18.3 Å². The van der Waals surface area contributed by atoms with Crippen molar-refractivity contribution < 1.29 is 9.53 Å². The summed E-state index contributed by atoms with van der Waals surface area (Å²) < 4.78 is 5.75. The summed E-state index contributed by atoms with van der Waals surface area (Å²) in [6.45, 7) is 2.58. The first-order valence-electron chi connectivity index (χ1n) is 10.6. The van der Waals surface area contributed by atoms with Crippen LogP contribution < -0.4 is 4.74 Å². The largest absolute Gasteiger partial charge is 0.494 e. The molecule has 154 valence electrons. The average Bonchev–Trinajstić information content (AvgIpc) is 3.47. The molecule has 2 aromatic carbocycles. The molecule has 5 rings (SSSR count). The van der Waals surface area contributed by atoms with Gasteiger partial charge in [0.2, 0.25) is 0 Å². The van der Waals surface area contributed by atoms with Crippen molar-refractivity contribution in [3.63, 3.8) is 0 Å². The number of amides is 1. The van der Waals surface area contributed by atoms with Crippen LogP contribution in [-0.2, 0) is 0 Å². The fourth-order valence-corrected chi connectivity index (χ4v) is 4.95. The SMILES string of the molecule is CCOc1cccc(C2c3c(-c4ccc(Cl)cc4)n[nH]c3C(=O)N2C2CCCC2)c1. The van der Waals surface area contributed by atoms with Crippen LogP contribution in [0.4, 0.5) is 0 Å². The third-order valence-corrected chi connectivity index (χ3v) is 6.38. The molecule has 1 N–H and O–H groups in total. The number of aromatic amines is 1. The van der Waals surface area contributed by atoms with Crippen LogP contribution in [0.15, 0.2) is 48.5 Å². The summed E-state index contributed by atoms with van der Waals surface area (Å²) >= 11 is 6.09. The molecule has 0 saturated heterocycles. The summed E-state index contributed by atoms with van der Waals surface area (Å²) in [4.78, 5) is 15.5. The van der Waals surface area contributed by atoms with E-state index in [0.29, 0.717) is 17.3 Å². The highest BCUT2D eigenvalue weighted by molar-refractivity contribution is 6.30. The van der Waals surface area contributed by atoms with E-state index in [9.17, 15) is 4.79 Å². The first-order valence-corrected chi connectivity index (χ1v) is 10.9. The van der Waals surface area contributed by atoms with Crippen LogP contribution in [0, 0.1) is 0 Å². The molecule has 1 aromatic heterocycles. The number of ether oxygens (including phenoxy) is 1. The number of hydrogen-bond acceptors (Lipinski definition) is 3. The quantitative estimate of drug-likeness (QED) is 0.581. The molecule has 0 spiro atoms. The number of halogens is 1. The van der Waals surface area contributed by atoms with Gasteiger partial charge in [-0.3, -0.25) is 9.89 Å². The summed E-state index contributed by atoms with van der Waals surface area (Å²) in [6.07, 6.45) is 4.41. The number of hydrogen-bond donors (Lipinski definition) is 1. The highest BCUT2D eigenvalue weighted by atomic mass is 35.5. The van der Waals surface area contributed by atoms with E-state index >= 15 is 0 Å². The summed E-state index contributed by atoms with van der Waals surface area (Å²) in [5.74, 6) is 0.857. The lowest BCUT2D eigenvalue weighted by atomic mass is 9.95. The van der Waals surface area contributed by atoms with Crippen molar-refractivity contribution in [3.05, 3.63) is 70.4 Å². The van der Waals surface area contributed by atoms with Crippen LogP contribution in [0.5, 0.6) is 5.75 Å². The van der Waals surface area contributed by atoms with Gasteiger partial charge >= 0.3 is 0 Å². The van der Waals surface area contributed by atoms with Gasteiger partial charge in [-0.05, 0) is 49.6 Å². The molecule has 0 radical (unpaired) electrons. The van der Waals surface area contributed by atoms with E-state index in [4.69, 9.17) is 16.3 Å². The van der Waals surface area contributed by atoms with Gasteiger partial charge in [-0.15, -0.1) is 0 Å². The van der Waals surface area contributed by atoms with Crippen molar-refractivity contribution in [1.82, 2.24) is 15.1 Å². The predicted octanol–water partition coefficient (Wildman–Crippen LogP) is 5.62. The van der Waals surface area contributed by atoms with Gasteiger partial charge < -0.3 is 9.64 Å². The minimum Gasteiger partial charge on any atom is -0.494 e. The second kappa shape index (κ2) is 7.80. The number of fused-ring (bicyclic) bond motifs is 1. The van der Waals surface area contributed by atoms with Crippen molar-refractivity contribution in [1.29, 1.82) is 0 Å². The molecular formula is C24H24ClN3O2. The molecule has 6 heteroatoms. The van der Waals surface area contributed by atoms with Gasteiger partial charge in [-0.2, -0.15) is 5.10 Å². The average molecular weight is 422 g/mol. The number of rotatable bonds is 5. The molecule has 3 aromatic rings. The highest BCUT2D eigenvalue weighted by Crippen LogP contribution is 2.46. The predicted molar refractivity (Wildman–Crippen MR) is 117 cm³/mol. The maximum atomic E-state index is 13.5. The van der Waals surface area contributed by atoms with Gasteiger partial charge in [0, 0.05) is 22.2 Å². The minimum atomic E-state index is -0.180. The van der Waals surface area contributed by atoms with E-state index in [2.05, 4.69) is 27.2 Å². The zero-order valence-corrected chi connectivity index (χ0v) is 17.7. The number of benzene rings is 2. The number of carbonyl (C=O) groups excluding carboxylic acids is 1. The summed E-state index contributed by atoms with van der Waals surface area (Å²) in [5.41, 5.74) is 4.35. The Balaban J connectivity index is 1.66. The first-order chi connectivity index (χ1) is 14.7.